The Morgan fingerprint density at radius 2 is 1.54 bits per heavy atom. The fourth-order valence-electron chi connectivity index (χ4n) is 3.67. The van der Waals surface area contributed by atoms with Crippen molar-refractivity contribution in [1.29, 1.82) is 0 Å². The maximum Gasteiger partial charge on any atom is 0.0500 e. The van der Waals surface area contributed by atoms with Gasteiger partial charge in [-0.05, 0) is 16.7 Å². The molecule has 0 amide bonds. The fourth-order valence-corrected chi connectivity index (χ4v) is 3.67. The molecule has 3 rings (SSSR count). The SMILES string of the molecule is CC(C)(CO)[C@@H](c1ccc(-c2ccccc2)cc1)N1CCNCC1. The summed E-state index contributed by atoms with van der Waals surface area (Å²) in [4.78, 5) is 2.50. The highest BCUT2D eigenvalue weighted by atomic mass is 16.3. The number of aliphatic hydroxyl groups is 1. The molecule has 1 heterocycles. The number of benzene rings is 2. The first-order chi connectivity index (χ1) is 11.6. The smallest absolute Gasteiger partial charge is 0.0500 e. The van der Waals surface area contributed by atoms with Crippen LogP contribution in [-0.2, 0) is 0 Å². The van der Waals surface area contributed by atoms with Crippen molar-refractivity contribution in [2.75, 3.05) is 32.8 Å². The predicted octanol–water partition coefficient (Wildman–Crippen LogP) is 3.32. The van der Waals surface area contributed by atoms with Gasteiger partial charge in [0.15, 0.2) is 0 Å². The van der Waals surface area contributed by atoms with Gasteiger partial charge in [-0.2, -0.15) is 0 Å². The minimum atomic E-state index is -0.175. The average Bonchev–Trinajstić information content (AvgIpc) is 2.64. The van der Waals surface area contributed by atoms with Crippen molar-refractivity contribution in [3.63, 3.8) is 0 Å². The van der Waals surface area contributed by atoms with E-state index in [1.807, 2.05) is 6.07 Å². The standard InChI is InChI=1S/C21H28N2O/c1-21(2,16-24)20(23-14-12-22-13-15-23)19-10-8-18(9-11-19)17-6-4-3-5-7-17/h3-11,20,22,24H,12-16H2,1-2H3/t20-/m1/s1. The summed E-state index contributed by atoms with van der Waals surface area (Å²) in [6.45, 7) is 8.57. The van der Waals surface area contributed by atoms with E-state index in [4.69, 9.17) is 0 Å². The summed E-state index contributed by atoms with van der Waals surface area (Å²) < 4.78 is 0. The molecule has 0 aromatic heterocycles. The predicted molar refractivity (Wildman–Crippen MR) is 99.9 cm³/mol. The molecule has 0 radical (unpaired) electrons. The highest BCUT2D eigenvalue weighted by Crippen LogP contribution is 2.38. The van der Waals surface area contributed by atoms with Crippen LogP contribution in [-0.4, -0.2) is 42.8 Å². The molecular weight excluding hydrogens is 296 g/mol. The molecule has 3 nitrogen and oxygen atoms in total. The summed E-state index contributed by atoms with van der Waals surface area (Å²) >= 11 is 0. The van der Waals surface area contributed by atoms with Gasteiger partial charge < -0.3 is 10.4 Å². The summed E-state index contributed by atoms with van der Waals surface area (Å²) in [7, 11) is 0. The quantitative estimate of drug-likeness (QED) is 0.886. The molecule has 2 aromatic rings. The lowest BCUT2D eigenvalue weighted by Crippen LogP contribution is -2.49. The third-order valence-corrected chi connectivity index (χ3v) is 5.00. The second-order valence-electron chi connectivity index (χ2n) is 7.32. The topological polar surface area (TPSA) is 35.5 Å². The summed E-state index contributed by atoms with van der Waals surface area (Å²) in [5, 5.41) is 13.4. The van der Waals surface area contributed by atoms with Crippen LogP contribution in [0.3, 0.4) is 0 Å². The Bertz CT molecular complexity index is 631. The second kappa shape index (κ2) is 7.47. The highest BCUT2D eigenvalue weighted by molar-refractivity contribution is 5.63. The first-order valence-electron chi connectivity index (χ1n) is 8.83. The lowest BCUT2D eigenvalue weighted by Gasteiger charge is -2.43. The van der Waals surface area contributed by atoms with Gasteiger partial charge in [0.05, 0.1) is 0 Å². The van der Waals surface area contributed by atoms with Gasteiger partial charge >= 0.3 is 0 Å². The van der Waals surface area contributed by atoms with Crippen LogP contribution in [0.25, 0.3) is 11.1 Å². The van der Waals surface area contributed by atoms with Gasteiger partial charge in [0.2, 0.25) is 0 Å². The van der Waals surface area contributed by atoms with Crippen LogP contribution < -0.4 is 5.32 Å². The highest BCUT2D eigenvalue weighted by Gasteiger charge is 2.35. The molecule has 0 spiro atoms. The van der Waals surface area contributed by atoms with Crippen LogP contribution in [0.15, 0.2) is 54.6 Å². The Labute approximate surface area is 145 Å². The minimum Gasteiger partial charge on any atom is -0.396 e. The van der Waals surface area contributed by atoms with Gasteiger partial charge in [-0.3, -0.25) is 4.90 Å². The van der Waals surface area contributed by atoms with Gasteiger partial charge in [0, 0.05) is 44.2 Å². The van der Waals surface area contributed by atoms with Gasteiger partial charge in [0.25, 0.3) is 0 Å². The van der Waals surface area contributed by atoms with Crippen LogP contribution in [0.2, 0.25) is 0 Å². The molecule has 128 valence electrons. The molecule has 24 heavy (non-hydrogen) atoms. The molecule has 0 saturated carbocycles. The van der Waals surface area contributed by atoms with Crippen LogP contribution >= 0.6 is 0 Å². The van der Waals surface area contributed by atoms with Crippen molar-refractivity contribution in [1.82, 2.24) is 10.2 Å². The van der Waals surface area contributed by atoms with E-state index in [2.05, 4.69) is 72.6 Å². The van der Waals surface area contributed by atoms with Crippen LogP contribution in [0, 0.1) is 5.41 Å². The van der Waals surface area contributed by atoms with E-state index in [1.165, 1.54) is 16.7 Å². The number of hydrogen-bond acceptors (Lipinski definition) is 3. The zero-order chi connectivity index (χ0) is 17.0. The molecule has 2 N–H and O–H groups in total. The molecule has 3 heteroatoms. The number of nitrogens with zero attached hydrogens (tertiary/aromatic N) is 1. The third kappa shape index (κ3) is 3.69. The van der Waals surface area contributed by atoms with E-state index < -0.39 is 0 Å². The fraction of sp³-hybridized carbons (Fsp3) is 0.429. The number of rotatable bonds is 5. The molecular formula is C21H28N2O. The first-order valence-corrected chi connectivity index (χ1v) is 8.83. The normalized spacial score (nSPS) is 17.6. The maximum absolute atomic E-state index is 9.95. The van der Waals surface area contributed by atoms with Crippen molar-refractivity contribution in [3.8, 4) is 11.1 Å². The van der Waals surface area contributed by atoms with E-state index in [0.29, 0.717) is 0 Å². The largest absolute Gasteiger partial charge is 0.396 e. The van der Waals surface area contributed by atoms with Crippen LogP contribution in [0.5, 0.6) is 0 Å². The molecule has 0 unspecified atom stereocenters. The van der Waals surface area contributed by atoms with Crippen molar-refractivity contribution in [2.45, 2.75) is 19.9 Å². The molecule has 1 fully saturated rings. The molecule has 0 aliphatic carbocycles. The third-order valence-electron chi connectivity index (χ3n) is 5.00. The summed E-state index contributed by atoms with van der Waals surface area (Å²) in [5.41, 5.74) is 3.59. The molecule has 1 aliphatic rings. The molecule has 2 aromatic carbocycles. The van der Waals surface area contributed by atoms with E-state index in [-0.39, 0.29) is 18.1 Å². The van der Waals surface area contributed by atoms with Crippen molar-refractivity contribution >= 4 is 0 Å². The van der Waals surface area contributed by atoms with Crippen molar-refractivity contribution < 1.29 is 5.11 Å². The zero-order valence-corrected chi connectivity index (χ0v) is 14.7. The Morgan fingerprint density at radius 1 is 0.958 bits per heavy atom. The summed E-state index contributed by atoms with van der Waals surface area (Å²) in [6.07, 6.45) is 0. The van der Waals surface area contributed by atoms with Crippen molar-refractivity contribution in [2.24, 2.45) is 5.41 Å². The maximum atomic E-state index is 9.95. The summed E-state index contributed by atoms with van der Waals surface area (Å²) in [5.74, 6) is 0. The van der Waals surface area contributed by atoms with Crippen LogP contribution in [0.4, 0.5) is 0 Å². The van der Waals surface area contributed by atoms with Gasteiger partial charge in [0.1, 0.15) is 0 Å². The van der Waals surface area contributed by atoms with E-state index in [1.54, 1.807) is 0 Å². The van der Waals surface area contributed by atoms with Crippen LogP contribution in [0.1, 0.15) is 25.5 Å². The minimum absolute atomic E-state index is 0.175. The number of aliphatic hydroxyl groups excluding tert-OH is 1. The molecule has 0 bridgehead atoms. The molecule has 1 aliphatic heterocycles. The lowest BCUT2D eigenvalue weighted by atomic mass is 9.79. The first kappa shape index (κ1) is 17.2. The monoisotopic (exact) mass is 324 g/mol. The number of piperazine rings is 1. The van der Waals surface area contributed by atoms with Crippen molar-refractivity contribution in [3.05, 3.63) is 60.2 Å². The molecule has 1 saturated heterocycles. The Balaban J connectivity index is 1.90. The average molecular weight is 324 g/mol. The Morgan fingerprint density at radius 3 is 2.12 bits per heavy atom. The molecule has 1 atom stereocenters. The lowest BCUT2D eigenvalue weighted by molar-refractivity contribution is 0.0305. The van der Waals surface area contributed by atoms with Gasteiger partial charge in [-0.15, -0.1) is 0 Å². The zero-order valence-electron chi connectivity index (χ0n) is 14.7. The van der Waals surface area contributed by atoms with E-state index in [9.17, 15) is 5.11 Å². The van der Waals surface area contributed by atoms with Gasteiger partial charge in [-0.1, -0.05) is 68.4 Å². The number of hydrogen-bond donors (Lipinski definition) is 2. The summed E-state index contributed by atoms with van der Waals surface area (Å²) in [6, 6.07) is 19.6. The van der Waals surface area contributed by atoms with E-state index in [0.717, 1.165) is 26.2 Å². The van der Waals surface area contributed by atoms with Gasteiger partial charge in [-0.25, -0.2) is 0 Å². The van der Waals surface area contributed by atoms with E-state index >= 15 is 0 Å². The Hall–Kier alpha value is -1.68. The Kier molecular flexibility index (Phi) is 5.34. The number of nitrogens with one attached hydrogen (secondary N) is 1. The second-order valence-corrected chi connectivity index (χ2v) is 7.32.